The van der Waals surface area contributed by atoms with Crippen LogP contribution in [0.3, 0.4) is 0 Å². The lowest BCUT2D eigenvalue weighted by Crippen LogP contribution is -2.05. The highest BCUT2D eigenvalue weighted by Crippen LogP contribution is 2.37. The SMILES string of the molecule is CCC(C)C(=O)/C=C/C#Cc1cc(OC)c(OC)c(OC)c1. The first kappa shape index (κ1) is 17.6. The molecule has 0 aliphatic carbocycles. The number of carbonyl (C=O) groups excluding carboxylic acids is 1. The second-order valence-corrected chi connectivity index (χ2v) is 4.73. The largest absolute Gasteiger partial charge is 0.493 e. The fourth-order valence-corrected chi connectivity index (χ4v) is 1.77. The molecule has 1 unspecified atom stereocenters. The number of carbonyl (C=O) groups is 1. The average molecular weight is 302 g/mol. The zero-order valence-electron chi connectivity index (χ0n) is 13.7. The Morgan fingerprint density at radius 3 is 2.23 bits per heavy atom. The van der Waals surface area contributed by atoms with Crippen LogP contribution in [0.5, 0.6) is 17.2 Å². The molecule has 0 amide bonds. The molecule has 0 saturated carbocycles. The maximum absolute atomic E-state index is 11.7. The molecule has 0 bridgehead atoms. The Balaban J connectivity index is 2.98. The number of hydrogen-bond donors (Lipinski definition) is 0. The van der Waals surface area contributed by atoms with E-state index in [4.69, 9.17) is 14.2 Å². The standard InChI is InChI=1S/C18H22O4/c1-6-13(2)15(19)10-8-7-9-14-11-16(20-3)18(22-5)17(12-14)21-4/h8,10-13H,6H2,1-5H3/b10-8+. The molecule has 0 spiro atoms. The van der Waals surface area contributed by atoms with Gasteiger partial charge in [0.1, 0.15) is 0 Å². The minimum Gasteiger partial charge on any atom is -0.493 e. The molecule has 1 rings (SSSR count). The molecule has 4 nitrogen and oxygen atoms in total. The second kappa shape index (κ2) is 8.78. The first-order valence-corrected chi connectivity index (χ1v) is 7.09. The molecule has 1 atom stereocenters. The molecule has 0 aliphatic rings. The number of benzene rings is 1. The summed E-state index contributed by atoms with van der Waals surface area (Å²) in [5.41, 5.74) is 0.718. The summed E-state index contributed by atoms with van der Waals surface area (Å²) in [5, 5.41) is 0. The Hall–Kier alpha value is -2.41. The topological polar surface area (TPSA) is 44.8 Å². The van der Waals surface area contributed by atoms with Gasteiger partial charge in [0.2, 0.25) is 5.75 Å². The van der Waals surface area contributed by atoms with Crippen molar-refractivity contribution in [2.75, 3.05) is 21.3 Å². The molecule has 1 aromatic rings. The smallest absolute Gasteiger partial charge is 0.203 e. The van der Waals surface area contributed by atoms with Gasteiger partial charge < -0.3 is 14.2 Å². The third kappa shape index (κ3) is 4.56. The van der Waals surface area contributed by atoms with Crippen LogP contribution in [-0.4, -0.2) is 27.1 Å². The van der Waals surface area contributed by atoms with E-state index in [-0.39, 0.29) is 11.7 Å². The van der Waals surface area contributed by atoms with Crippen molar-refractivity contribution in [3.63, 3.8) is 0 Å². The third-order valence-corrected chi connectivity index (χ3v) is 3.31. The summed E-state index contributed by atoms with van der Waals surface area (Å²) in [6.07, 6.45) is 3.90. The van der Waals surface area contributed by atoms with Crippen LogP contribution < -0.4 is 14.2 Å². The van der Waals surface area contributed by atoms with Crippen molar-refractivity contribution in [1.82, 2.24) is 0 Å². The maximum Gasteiger partial charge on any atom is 0.203 e. The summed E-state index contributed by atoms with van der Waals surface area (Å²) in [7, 11) is 4.66. The Bertz CT molecular complexity index is 580. The first-order chi connectivity index (χ1) is 10.6. The van der Waals surface area contributed by atoms with Gasteiger partial charge >= 0.3 is 0 Å². The van der Waals surface area contributed by atoms with Crippen molar-refractivity contribution in [3.05, 3.63) is 29.8 Å². The quantitative estimate of drug-likeness (QED) is 0.598. The van der Waals surface area contributed by atoms with Gasteiger partial charge in [0, 0.05) is 11.5 Å². The molecule has 0 N–H and O–H groups in total. The maximum atomic E-state index is 11.7. The first-order valence-electron chi connectivity index (χ1n) is 7.09. The van der Waals surface area contributed by atoms with Crippen molar-refractivity contribution in [2.24, 2.45) is 5.92 Å². The van der Waals surface area contributed by atoms with Crippen LogP contribution in [0.2, 0.25) is 0 Å². The lowest BCUT2D eigenvalue weighted by molar-refractivity contribution is -0.117. The minimum absolute atomic E-state index is 0.0271. The summed E-state index contributed by atoms with van der Waals surface area (Å²) in [6, 6.07) is 3.53. The molecule has 0 heterocycles. The van der Waals surface area contributed by atoms with Crippen molar-refractivity contribution >= 4 is 5.78 Å². The van der Waals surface area contributed by atoms with Crippen LogP contribution in [0.1, 0.15) is 25.8 Å². The van der Waals surface area contributed by atoms with Gasteiger partial charge in [-0.15, -0.1) is 0 Å². The monoisotopic (exact) mass is 302 g/mol. The molecule has 1 aromatic carbocycles. The molecule has 4 heteroatoms. The van der Waals surface area contributed by atoms with Gasteiger partial charge in [0.25, 0.3) is 0 Å². The van der Waals surface area contributed by atoms with Crippen molar-refractivity contribution in [2.45, 2.75) is 20.3 Å². The molecule has 0 radical (unpaired) electrons. The van der Waals surface area contributed by atoms with Crippen LogP contribution in [0.4, 0.5) is 0 Å². The van der Waals surface area contributed by atoms with E-state index >= 15 is 0 Å². The number of rotatable bonds is 6. The van der Waals surface area contributed by atoms with E-state index in [2.05, 4.69) is 11.8 Å². The van der Waals surface area contributed by atoms with E-state index in [0.29, 0.717) is 17.2 Å². The summed E-state index contributed by atoms with van der Waals surface area (Å²) in [6.45, 7) is 3.89. The minimum atomic E-state index is 0.0271. The van der Waals surface area contributed by atoms with Crippen molar-refractivity contribution in [1.29, 1.82) is 0 Å². The van der Waals surface area contributed by atoms with Gasteiger partial charge in [-0.2, -0.15) is 0 Å². The Kier molecular flexibility index (Phi) is 7.04. The molecule has 22 heavy (non-hydrogen) atoms. The van der Waals surface area contributed by atoms with E-state index in [1.165, 1.54) is 6.08 Å². The van der Waals surface area contributed by atoms with Crippen LogP contribution in [-0.2, 0) is 4.79 Å². The van der Waals surface area contributed by atoms with E-state index in [1.807, 2.05) is 13.8 Å². The summed E-state index contributed by atoms with van der Waals surface area (Å²) in [5.74, 6) is 7.53. The van der Waals surface area contributed by atoms with Gasteiger partial charge in [-0.25, -0.2) is 0 Å². The highest BCUT2D eigenvalue weighted by molar-refractivity contribution is 5.91. The van der Waals surface area contributed by atoms with Crippen molar-refractivity contribution in [3.8, 4) is 29.1 Å². The second-order valence-electron chi connectivity index (χ2n) is 4.73. The zero-order chi connectivity index (χ0) is 16.5. The molecule has 0 aliphatic heterocycles. The third-order valence-electron chi connectivity index (χ3n) is 3.31. The van der Waals surface area contributed by atoms with Crippen LogP contribution in [0.15, 0.2) is 24.3 Å². The van der Waals surface area contributed by atoms with Gasteiger partial charge in [0.05, 0.1) is 21.3 Å². The number of hydrogen-bond acceptors (Lipinski definition) is 4. The highest BCUT2D eigenvalue weighted by atomic mass is 16.5. The predicted molar refractivity (Wildman–Crippen MR) is 86.6 cm³/mol. The molecule has 0 saturated heterocycles. The molecule has 0 aromatic heterocycles. The summed E-state index contributed by atoms with van der Waals surface area (Å²) < 4.78 is 15.8. The molecule has 118 valence electrons. The normalized spacial score (nSPS) is 11.5. The van der Waals surface area contributed by atoms with Gasteiger partial charge in [-0.1, -0.05) is 25.7 Å². The Morgan fingerprint density at radius 1 is 1.18 bits per heavy atom. The lowest BCUT2D eigenvalue weighted by atomic mass is 10.0. The average Bonchev–Trinajstić information content (AvgIpc) is 2.56. The van der Waals surface area contributed by atoms with E-state index in [0.717, 1.165) is 12.0 Å². The van der Waals surface area contributed by atoms with E-state index < -0.39 is 0 Å². The fourth-order valence-electron chi connectivity index (χ4n) is 1.77. The Labute approximate surface area is 132 Å². The fraction of sp³-hybridized carbons (Fsp3) is 0.389. The van der Waals surface area contributed by atoms with E-state index in [1.54, 1.807) is 39.5 Å². The van der Waals surface area contributed by atoms with Crippen LogP contribution in [0, 0.1) is 17.8 Å². The number of ketones is 1. The Morgan fingerprint density at radius 2 is 1.77 bits per heavy atom. The van der Waals surface area contributed by atoms with Gasteiger partial charge in [-0.3, -0.25) is 4.79 Å². The molecular weight excluding hydrogens is 280 g/mol. The zero-order valence-corrected chi connectivity index (χ0v) is 13.7. The summed E-state index contributed by atoms with van der Waals surface area (Å²) in [4.78, 5) is 11.7. The highest BCUT2D eigenvalue weighted by Gasteiger charge is 2.12. The lowest BCUT2D eigenvalue weighted by Gasteiger charge is -2.12. The van der Waals surface area contributed by atoms with Gasteiger partial charge in [0.15, 0.2) is 17.3 Å². The number of ether oxygens (including phenoxy) is 3. The van der Waals surface area contributed by atoms with Crippen molar-refractivity contribution < 1.29 is 19.0 Å². The van der Waals surface area contributed by atoms with E-state index in [9.17, 15) is 4.79 Å². The molecular formula is C18H22O4. The number of allylic oxidation sites excluding steroid dienone is 2. The van der Waals surface area contributed by atoms with Crippen LogP contribution >= 0.6 is 0 Å². The van der Waals surface area contributed by atoms with Gasteiger partial charge in [-0.05, 0) is 30.7 Å². The van der Waals surface area contributed by atoms with Crippen LogP contribution in [0.25, 0.3) is 0 Å². The summed E-state index contributed by atoms with van der Waals surface area (Å²) >= 11 is 0. The predicted octanol–water partition coefficient (Wildman–Crippen LogP) is 3.24. The number of methoxy groups -OCH3 is 3. The molecule has 0 fully saturated rings.